The SMILES string of the molecule is NCc1cccc2c(COc3ccc(F)cc3)coc12. The lowest BCUT2D eigenvalue weighted by Crippen LogP contribution is -1.97. The largest absolute Gasteiger partial charge is 0.489 e. The molecule has 3 nitrogen and oxygen atoms in total. The Morgan fingerprint density at radius 3 is 2.60 bits per heavy atom. The van der Waals surface area contributed by atoms with Crippen molar-refractivity contribution in [3.63, 3.8) is 0 Å². The third-order valence-electron chi connectivity index (χ3n) is 3.19. The van der Waals surface area contributed by atoms with Crippen molar-refractivity contribution in [3.05, 3.63) is 65.7 Å². The summed E-state index contributed by atoms with van der Waals surface area (Å²) in [4.78, 5) is 0. The molecule has 0 saturated heterocycles. The molecule has 2 N–H and O–H groups in total. The first-order valence-corrected chi connectivity index (χ1v) is 6.34. The van der Waals surface area contributed by atoms with Crippen LogP contribution in [0.25, 0.3) is 11.0 Å². The molecular weight excluding hydrogens is 257 g/mol. The fraction of sp³-hybridized carbons (Fsp3) is 0.125. The van der Waals surface area contributed by atoms with Crippen LogP contribution in [0.1, 0.15) is 11.1 Å². The number of hydrogen-bond acceptors (Lipinski definition) is 3. The van der Waals surface area contributed by atoms with Gasteiger partial charge in [0.15, 0.2) is 0 Å². The second kappa shape index (κ2) is 5.35. The summed E-state index contributed by atoms with van der Waals surface area (Å²) in [5, 5.41) is 0.995. The normalized spacial score (nSPS) is 10.9. The fourth-order valence-corrected chi connectivity index (χ4v) is 2.13. The predicted octanol–water partition coefficient (Wildman–Crippen LogP) is 3.61. The van der Waals surface area contributed by atoms with E-state index in [2.05, 4.69) is 0 Å². The number of nitrogens with two attached hydrogens (primary N) is 1. The highest BCUT2D eigenvalue weighted by molar-refractivity contribution is 5.83. The van der Waals surface area contributed by atoms with Crippen molar-refractivity contribution in [1.82, 2.24) is 0 Å². The lowest BCUT2D eigenvalue weighted by Gasteiger charge is -2.04. The molecule has 4 heteroatoms. The molecule has 0 fully saturated rings. The molecule has 2 aromatic carbocycles. The predicted molar refractivity (Wildman–Crippen MR) is 74.8 cm³/mol. The van der Waals surface area contributed by atoms with Gasteiger partial charge in [-0.25, -0.2) is 4.39 Å². The summed E-state index contributed by atoms with van der Waals surface area (Å²) < 4.78 is 24.0. The van der Waals surface area contributed by atoms with Crippen LogP contribution in [-0.2, 0) is 13.2 Å². The van der Waals surface area contributed by atoms with Gasteiger partial charge in [-0.15, -0.1) is 0 Å². The number of para-hydroxylation sites is 1. The van der Waals surface area contributed by atoms with Crippen molar-refractivity contribution in [1.29, 1.82) is 0 Å². The minimum Gasteiger partial charge on any atom is -0.489 e. The molecule has 3 rings (SSSR count). The summed E-state index contributed by atoms with van der Waals surface area (Å²) in [6, 6.07) is 11.8. The number of rotatable bonds is 4. The van der Waals surface area contributed by atoms with Gasteiger partial charge in [-0.2, -0.15) is 0 Å². The van der Waals surface area contributed by atoms with Crippen LogP contribution in [0.2, 0.25) is 0 Å². The number of halogens is 1. The molecule has 0 spiro atoms. The molecule has 1 heterocycles. The summed E-state index contributed by atoms with van der Waals surface area (Å²) >= 11 is 0. The van der Waals surface area contributed by atoms with Gasteiger partial charge < -0.3 is 14.9 Å². The molecule has 102 valence electrons. The van der Waals surface area contributed by atoms with Crippen molar-refractivity contribution < 1.29 is 13.5 Å². The summed E-state index contributed by atoms with van der Waals surface area (Å²) in [6.45, 7) is 0.801. The van der Waals surface area contributed by atoms with Gasteiger partial charge >= 0.3 is 0 Å². The lowest BCUT2D eigenvalue weighted by atomic mass is 10.1. The summed E-state index contributed by atoms with van der Waals surface area (Å²) in [6.07, 6.45) is 1.67. The molecule has 0 aliphatic heterocycles. The molecule has 20 heavy (non-hydrogen) atoms. The molecule has 0 radical (unpaired) electrons. The van der Waals surface area contributed by atoms with E-state index >= 15 is 0 Å². The lowest BCUT2D eigenvalue weighted by molar-refractivity contribution is 0.305. The van der Waals surface area contributed by atoms with Crippen LogP contribution >= 0.6 is 0 Å². The van der Waals surface area contributed by atoms with Crippen molar-refractivity contribution in [3.8, 4) is 5.75 Å². The average Bonchev–Trinajstić information content (AvgIpc) is 2.90. The first-order valence-electron chi connectivity index (χ1n) is 6.34. The Morgan fingerprint density at radius 1 is 1.05 bits per heavy atom. The third-order valence-corrected chi connectivity index (χ3v) is 3.19. The van der Waals surface area contributed by atoms with E-state index in [1.807, 2.05) is 18.2 Å². The number of furan rings is 1. The van der Waals surface area contributed by atoms with Gasteiger partial charge in [0.05, 0.1) is 6.26 Å². The fourth-order valence-electron chi connectivity index (χ4n) is 2.13. The Morgan fingerprint density at radius 2 is 1.85 bits per heavy atom. The molecule has 0 aliphatic carbocycles. The Bertz CT molecular complexity index is 719. The van der Waals surface area contributed by atoms with E-state index < -0.39 is 0 Å². The number of fused-ring (bicyclic) bond motifs is 1. The van der Waals surface area contributed by atoms with Crippen LogP contribution in [-0.4, -0.2) is 0 Å². The van der Waals surface area contributed by atoms with Crippen molar-refractivity contribution in [2.45, 2.75) is 13.2 Å². The van der Waals surface area contributed by atoms with Crippen LogP contribution in [0.4, 0.5) is 4.39 Å². The van der Waals surface area contributed by atoms with E-state index in [0.29, 0.717) is 18.9 Å². The quantitative estimate of drug-likeness (QED) is 0.788. The van der Waals surface area contributed by atoms with Crippen LogP contribution in [0.5, 0.6) is 5.75 Å². The smallest absolute Gasteiger partial charge is 0.138 e. The van der Waals surface area contributed by atoms with Gasteiger partial charge in [0.25, 0.3) is 0 Å². The number of benzene rings is 2. The van der Waals surface area contributed by atoms with Crippen LogP contribution in [0.3, 0.4) is 0 Å². The van der Waals surface area contributed by atoms with E-state index in [-0.39, 0.29) is 5.82 Å². The average molecular weight is 271 g/mol. The van der Waals surface area contributed by atoms with Gasteiger partial charge in [0.1, 0.15) is 23.8 Å². The van der Waals surface area contributed by atoms with Crippen molar-refractivity contribution in [2.75, 3.05) is 0 Å². The standard InChI is InChI=1S/C16H14FNO2/c17-13-4-6-14(7-5-13)19-9-12-10-20-16-11(8-18)2-1-3-15(12)16/h1-7,10H,8-9,18H2. The third kappa shape index (κ3) is 2.38. The minimum absolute atomic E-state index is 0.279. The van der Waals surface area contributed by atoms with Crippen LogP contribution in [0, 0.1) is 5.82 Å². The maximum absolute atomic E-state index is 12.8. The zero-order chi connectivity index (χ0) is 13.9. The highest BCUT2D eigenvalue weighted by atomic mass is 19.1. The Hall–Kier alpha value is -2.33. The molecule has 1 aromatic heterocycles. The molecule has 0 unspecified atom stereocenters. The van der Waals surface area contributed by atoms with Gasteiger partial charge in [-0.05, 0) is 24.3 Å². The summed E-state index contributed by atoms with van der Waals surface area (Å²) in [5.41, 5.74) is 8.39. The zero-order valence-electron chi connectivity index (χ0n) is 10.8. The molecule has 0 saturated carbocycles. The highest BCUT2D eigenvalue weighted by Gasteiger charge is 2.09. The Balaban J connectivity index is 1.83. The molecule has 0 atom stereocenters. The second-order valence-electron chi connectivity index (χ2n) is 4.50. The van der Waals surface area contributed by atoms with Crippen LogP contribution in [0.15, 0.2) is 53.1 Å². The molecule has 0 bridgehead atoms. The Kier molecular flexibility index (Phi) is 3.39. The molecule has 0 amide bonds. The minimum atomic E-state index is -0.279. The number of ether oxygens (including phenoxy) is 1. The summed E-state index contributed by atoms with van der Waals surface area (Å²) in [5.74, 6) is 0.342. The van der Waals surface area contributed by atoms with E-state index in [0.717, 1.165) is 22.1 Å². The van der Waals surface area contributed by atoms with Gasteiger partial charge in [0.2, 0.25) is 0 Å². The highest BCUT2D eigenvalue weighted by Crippen LogP contribution is 2.25. The van der Waals surface area contributed by atoms with E-state index in [4.69, 9.17) is 14.9 Å². The van der Waals surface area contributed by atoms with Gasteiger partial charge in [0, 0.05) is 23.1 Å². The molecule has 0 aliphatic rings. The van der Waals surface area contributed by atoms with E-state index in [1.165, 1.54) is 12.1 Å². The first-order chi connectivity index (χ1) is 9.78. The Labute approximate surface area is 115 Å². The molecular formula is C16H14FNO2. The topological polar surface area (TPSA) is 48.4 Å². The van der Waals surface area contributed by atoms with E-state index in [1.54, 1.807) is 18.4 Å². The van der Waals surface area contributed by atoms with Crippen molar-refractivity contribution in [2.24, 2.45) is 5.73 Å². The zero-order valence-corrected chi connectivity index (χ0v) is 10.8. The molecule has 3 aromatic rings. The second-order valence-corrected chi connectivity index (χ2v) is 4.50. The van der Waals surface area contributed by atoms with E-state index in [9.17, 15) is 4.39 Å². The summed E-state index contributed by atoms with van der Waals surface area (Å²) in [7, 11) is 0. The number of hydrogen-bond donors (Lipinski definition) is 1. The van der Waals surface area contributed by atoms with Crippen molar-refractivity contribution >= 4 is 11.0 Å². The maximum Gasteiger partial charge on any atom is 0.138 e. The monoisotopic (exact) mass is 271 g/mol. The first kappa shape index (κ1) is 12.7. The van der Waals surface area contributed by atoms with Gasteiger partial charge in [-0.3, -0.25) is 0 Å². The van der Waals surface area contributed by atoms with Gasteiger partial charge in [-0.1, -0.05) is 18.2 Å². The maximum atomic E-state index is 12.8. The van der Waals surface area contributed by atoms with Crippen LogP contribution < -0.4 is 10.5 Å².